The summed E-state index contributed by atoms with van der Waals surface area (Å²) in [6.45, 7) is 5.47. The van der Waals surface area contributed by atoms with Crippen molar-refractivity contribution in [2.75, 3.05) is 46.9 Å². The minimum atomic E-state index is -0.676. The lowest BCUT2D eigenvalue weighted by Gasteiger charge is -2.43. The molecule has 6 heteroatoms. The summed E-state index contributed by atoms with van der Waals surface area (Å²) in [5.74, 6) is 1.50. The first kappa shape index (κ1) is 24.3. The van der Waals surface area contributed by atoms with E-state index in [9.17, 15) is 5.11 Å². The fourth-order valence-corrected chi connectivity index (χ4v) is 5.46. The second-order valence-electron chi connectivity index (χ2n) is 9.61. The molecule has 1 saturated heterocycles. The number of nitrogens with zero attached hydrogens (tertiary/aromatic N) is 2. The summed E-state index contributed by atoms with van der Waals surface area (Å²) in [6.07, 6.45) is 5.09. The number of ether oxygens (including phenoxy) is 2. The molecule has 0 radical (unpaired) electrons. The van der Waals surface area contributed by atoms with Crippen molar-refractivity contribution < 1.29 is 14.6 Å². The second-order valence-corrected chi connectivity index (χ2v) is 10.0. The Labute approximate surface area is 203 Å². The highest BCUT2D eigenvalue weighted by molar-refractivity contribution is 6.32. The van der Waals surface area contributed by atoms with E-state index in [0.29, 0.717) is 17.4 Å². The van der Waals surface area contributed by atoms with Crippen LogP contribution in [0.3, 0.4) is 0 Å². The molecule has 0 aromatic heterocycles. The molecule has 180 valence electrons. The van der Waals surface area contributed by atoms with E-state index in [4.69, 9.17) is 21.1 Å². The van der Waals surface area contributed by atoms with E-state index in [-0.39, 0.29) is 5.92 Å². The van der Waals surface area contributed by atoms with Crippen molar-refractivity contribution in [1.29, 1.82) is 0 Å². The lowest BCUT2D eigenvalue weighted by molar-refractivity contribution is -0.0337. The predicted molar refractivity (Wildman–Crippen MR) is 133 cm³/mol. The number of aliphatic hydroxyl groups is 1. The minimum Gasteiger partial charge on any atom is -0.496 e. The largest absolute Gasteiger partial charge is 0.496 e. The van der Waals surface area contributed by atoms with Crippen molar-refractivity contribution >= 4 is 11.6 Å². The van der Waals surface area contributed by atoms with E-state index < -0.39 is 5.60 Å². The molecular formula is C27H37ClN2O3. The van der Waals surface area contributed by atoms with E-state index in [1.807, 2.05) is 36.4 Å². The van der Waals surface area contributed by atoms with Crippen molar-refractivity contribution in [3.05, 3.63) is 58.6 Å². The zero-order valence-corrected chi connectivity index (χ0v) is 20.7. The van der Waals surface area contributed by atoms with Gasteiger partial charge in [0.2, 0.25) is 0 Å². The molecule has 1 atom stereocenters. The van der Waals surface area contributed by atoms with Gasteiger partial charge in [0.05, 0.1) is 17.7 Å². The second kappa shape index (κ2) is 11.1. The molecule has 1 saturated carbocycles. The number of benzene rings is 2. The van der Waals surface area contributed by atoms with Gasteiger partial charge in [-0.1, -0.05) is 55.1 Å². The number of methoxy groups -OCH3 is 1. The molecule has 1 N–H and O–H groups in total. The summed E-state index contributed by atoms with van der Waals surface area (Å²) in [4.78, 5) is 4.86. The van der Waals surface area contributed by atoms with Crippen LogP contribution in [-0.2, 0) is 6.61 Å². The standard InChI is InChI=1S/C27H37ClN2O3/c1-29-14-16-30(17-15-29)19-23(27(31)12-6-3-7-13-27)21-10-11-26(24(28)18-21)33-20-22-8-4-5-9-25(22)32-2/h4-5,8-11,18,23,31H,3,6-7,12-17,19-20H2,1-2H3. The summed E-state index contributed by atoms with van der Waals surface area (Å²) >= 11 is 6.70. The SMILES string of the molecule is COc1ccccc1COc1ccc(C(CN2CCN(C)CC2)C2(O)CCCCC2)cc1Cl. The van der Waals surface area contributed by atoms with Gasteiger partial charge in [0.1, 0.15) is 18.1 Å². The fraction of sp³-hybridized carbons (Fsp3) is 0.556. The summed E-state index contributed by atoms with van der Waals surface area (Å²) in [7, 11) is 3.84. The average Bonchev–Trinajstić information content (AvgIpc) is 2.83. The van der Waals surface area contributed by atoms with Gasteiger partial charge in [0, 0.05) is 44.2 Å². The molecule has 0 spiro atoms. The molecule has 2 fully saturated rings. The first-order valence-corrected chi connectivity index (χ1v) is 12.5. The Hall–Kier alpha value is -1.79. The van der Waals surface area contributed by atoms with Crippen LogP contribution < -0.4 is 9.47 Å². The van der Waals surface area contributed by atoms with Crippen LogP contribution in [0, 0.1) is 0 Å². The van der Waals surface area contributed by atoms with Gasteiger partial charge in [-0.3, -0.25) is 0 Å². The molecule has 1 aliphatic carbocycles. The normalized spacial score (nSPS) is 20.4. The van der Waals surface area contributed by atoms with Crippen molar-refractivity contribution in [2.24, 2.45) is 0 Å². The van der Waals surface area contributed by atoms with Gasteiger partial charge in [-0.05, 0) is 43.7 Å². The monoisotopic (exact) mass is 472 g/mol. The molecule has 2 aromatic carbocycles. The quantitative estimate of drug-likeness (QED) is 0.588. The van der Waals surface area contributed by atoms with Gasteiger partial charge in [-0.2, -0.15) is 0 Å². The van der Waals surface area contributed by atoms with E-state index in [2.05, 4.69) is 22.9 Å². The summed E-state index contributed by atoms with van der Waals surface area (Å²) in [6, 6.07) is 13.9. The highest BCUT2D eigenvalue weighted by Crippen LogP contribution is 2.42. The molecule has 1 aliphatic heterocycles. The lowest BCUT2D eigenvalue weighted by Crippen LogP contribution is -2.50. The number of likely N-dealkylation sites (N-methyl/N-ethyl adjacent to an activating group) is 1. The Balaban J connectivity index is 1.52. The molecule has 4 rings (SSSR count). The van der Waals surface area contributed by atoms with Gasteiger partial charge in [-0.15, -0.1) is 0 Å². The number of hydrogen-bond donors (Lipinski definition) is 1. The van der Waals surface area contributed by atoms with E-state index in [0.717, 1.165) is 75.3 Å². The Morgan fingerprint density at radius 1 is 1.00 bits per heavy atom. The first-order valence-electron chi connectivity index (χ1n) is 12.2. The van der Waals surface area contributed by atoms with Crippen LogP contribution >= 0.6 is 11.6 Å². The summed E-state index contributed by atoms with van der Waals surface area (Å²) < 4.78 is 11.5. The Kier molecular flexibility index (Phi) is 8.18. The zero-order valence-electron chi connectivity index (χ0n) is 19.9. The molecular weight excluding hydrogens is 436 g/mol. The third-order valence-corrected chi connectivity index (χ3v) is 7.63. The first-order chi connectivity index (χ1) is 16.0. The van der Waals surface area contributed by atoms with Gasteiger partial charge < -0.3 is 24.4 Å². The number of rotatable bonds is 8. The van der Waals surface area contributed by atoms with Crippen LogP contribution in [0.1, 0.15) is 49.1 Å². The third-order valence-electron chi connectivity index (χ3n) is 7.34. The lowest BCUT2D eigenvalue weighted by atomic mass is 9.72. The van der Waals surface area contributed by atoms with Gasteiger partial charge in [0.15, 0.2) is 0 Å². The molecule has 2 aliphatic rings. The van der Waals surface area contributed by atoms with Crippen molar-refractivity contribution in [3.8, 4) is 11.5 Å². The van der Waals surface area contributed by atoms with Gasteiger partial charge >= 0.3 is 0 Å². The number of piperazine rings is 1. The maximum atomic E-state index is 11.7. The molecule has 2 aromatic rings. The van der Waals surface area contributed by atoms with Gasteiger partial charge in [-0.25, -0.2) is 0 Å². The molecule has 0 bridgehead atoms. The minimum absolute atomic E-state index is 0.0435. The number of hydrogen-bond acceptors (Lipinski definition) is 5. The molecule has 1 unspecified atom stereocenters. The Morgan fingerprint density at radius 2 is 1.73 bits per heavy atom. The Morgan fingerprint density at radius 3 is 2.42 bits per heavy atom. The molecule has 5 nitrogen and oxygen atoms in total. The summed E-state index contributed by atoms with van der Waals surface area (Å²) in [5, 5.41) is 12.3. The molecule has 33 heavy (non-hydrogen) atoms. The fourth-order valence-electron chi connectivity index (χ4n) is 5.22. The zero-order chi connectivity index (χ0) is 23.3. The van der Waals surface area contributed by atoms with Gasteiger partial charge in [0.25, 0.3) is 0 Å². The number of halogens is 1. The van der Waals surface area contributed by atoms with E-state index in [1.165, 1.54) is 6.42 Å². The highest BCUT2D eigenvalue weighted by Gasteiger charge is 2.40. The van der Waals surface area contributed by atoms with E-state index >= 15 is 0 Å². The molecule has 1 heterocycles. The van der Waals surface area contributed by atoms with Crippen LogP contribution in [-0.4, -0.2) is 67.4 Å². The van der Waals surface area contributed by atoms with Crippen LogP contribution in [0.5, 0.6) is 11.5 Å². The van der Waals surface area contributed by atoms with Crippen LogP contribution in [0.15, 0.2) is 42.5 Å². The van der Waals surface area contributed by atoms with Crippen molar-refractivity contribution in [3.63, 3.8) is 0 Å². The van der Waals surface area contributed by atoms with E-state index in [1.54, 1.807) is 7.11 Å². The highest BCUT2D eigenvalue weighted by atomic mass is 35.5. The topological polar surface area (TPSA) is 45.2 Å². The van der Waals surface area contributed by atoms with Crippen LogP contribution in [0.25, 0.3) is 0 Å². The van der Waals surface area contributed by atoms with Crippen molar-refractivity contribution in [2.45, 2.75) is 50.2 Å². The number of para-hydroxylation sites is 1. The Bertz CT molecular complexity index is 908. The predicted octanol–water partition coefficient (Wildman–Crippen LogP) is 4.95. The molecule has 0 amide bonds. The maximum Gasteiger partial charge on any atom is 0.138 e. The van der Waals surface area contributed by atoms with Crippen LogP contribution in [0.4, 0.5) is 0 Å². The smallest absolute Gasteiger partial charge is 0.138 e. The third kappa shape index (κ3) is 6.02. The average molecular weight is 473 g/mol. The summed E-state index contributed by atoms with van der Waals surface area (Å²) in [5.41, 5.74) is 1.41. The van der Waals surface area contributed by atoms with Crippen molar-refractivity contribution in [1.82, 2.24) is 9.80 Å². The maximum absolute atomic E-state index is 11.7. The van der Waals surface area contributed by atoms with Crippen LogP contribution in [0.2, 0.25) is 5.02 Å².